The SMILES string of the molecule is COc1cc(C)c(S(=O)(=O)N[C@@H](CC(=O)O)C(=O)N[C@@H](Cc2cccc(C(=N)N)c2)C(=O)N2CCCCC2)c(C)c1C. The van der Waals surface area contributed by atoms with Gasteiger partial charge in [0.15, 0.2) is 0 Å². The van der Waals surface area contributed by atoms with Crippen molar-refractivity contribution in [3.05, 3.63) is 58.1 Å². The molecule has 0 aromatic heterocycles. The van der Waals surface area contributed by atoms with Crippen LogP contribution in [-0.4, -0.2) is 74.3 Å². The summed E-state index contributed by atoms with van der Waals surface area (Å²) in [6.45, 7) is 5.91. The first-order chi connectivity index (χ1) is 19.7. The number of carboxylic acid groups (broad SMARTS) is 1. The molecule has 6 N–H and O–H groups in total. The van der Waals surface area contributed by atoms with Gasteiger partial charge < -0.3 is 25.8 Å². The average Bonchev–Trinajstić information content (AvgIpc) is 2.93. The molecule has 2 aromatic carbocycles. The molecule has 1 saturated heterocycles. The smallest absolute Gasteiger partial charge is 0.305 e. The lowest BCUT2D eigenvalue weighted by atomic mass is 10.0. The third kappa shape index (κ3) is 7.85. The van der Waals surface area contributed by atoms with E-state index in [1.54, 1.807) is 56.0 Å². The van der Waals surface area contributed by atoms with E-state index < -0.39 is 40.4 Å². The van der Waals surface area contributed by atoms with Crippen LogP contribution in [0.15, 0.2) is 35.2 Å². The van der Waals surface area contributed by atoms with Gasteiger partial charge in [0, 0.05) is 25.1 Å². The molecule has 1 heterocycles. The molecule has 0 aliphatic carbocycles. The summed E-state index contributed by atoms with van der Waals surface area (Å²) in [5, 5.41) is 19.9. The predicted molar refractivity (Wildman–Crippen MR) is 157 cm³/mol. The Bertz CT molecular complexity index is 1470. The number of benzene rings is 2. The topological polar surface area (TPSA) is 192 Å². The van der Waals surface area contributed by atoms with Crippen molar-refractivity contribution in [2.45, 2.75) is 69.9 Å². The molecule has 2 aromatic rings. The zero-order chi connectivity index (χ0) is 31.2. The molecule has 1 aliphatic heterocycles. The Morgan fingerprint density at radius 1 is 1.07 bits per heavy atom. The van der Waals surface area contributed by atoms with E-state index in [0.717, 1.165) is 19.3 Å². The van der Waals surface area contributed by atoms with Crippen molar-refractivity contribution in [2.75, 3.05) is 20.2 Å². The molecular formula is C29H39N5O7S. The summed E-state index contributed by atoms with van der Waals surface area (Å²) in [5.41, 5.74) is 8.03. The Labute approximate surface area is 246 Å². The van der Waals surface area contributed by atoms with Gasteiger partial charge in [-0.3, -0.25) is 19.8 Å². The molecule has 1 aliphatic rings. The van der Waals surface area contributed by atoms with Gasteiger partial charge in [0.05, 0.1) is 18.4 Å². The molecule has 0 radical (unpaired) electrons. The lowest BCUT2D eigenvalue weighted by molar-refractivity contribution is -0.140. The number of nitrogen functional groups attached to an aromatic ring is 1. The number of methoxy groups -OCH3 is 1. The number of amidine groups is 1. The maximum Gasteiger partial charge on any atom is 0.305 e. The first-order valence-electron chi connectivity index (χ1n) is 13.7. The number of nitrogens with one attached hydrogen (secondary N) is 3. The molecule has 1 fully saturated rings. The van der Waals surface area contributed by atoms with Crippen LogP contribution in [0.3, 0.4) is 0 Å². The molecule has 3 rings (SSSR count). The van der Waals surface area contributed by atoms with E-state index >= 15 is 0 Å². The molecule has 228 valence electrons. The van der Waals surface area contributed by atoms with E-state index in [1.807, 2.05) is 0 Å². The van der Waals surface area contributed by atoms with Gasteiger partial charge >= 0.3 is 5.97 Å². The first-order valence-corrected chi connectivity index (χ1v) is 15.1. The molecule has 2 amide bonds. The molecule has 0 unspecified atom stereocenters. The van der Waals surface area contributed by atoms with Crippen LogP contribution in [0.25, 0.3) is 0 Å². The quantitative estimate of drug-likeness (QED) is 0.179. The fraction of sp³-hybridized carbons (Fsp3) is 0.448. The van der Waals surface area contributed by atoms with Gasteiger partial charge in [0.2, 0.25) is 21.8 Å². The van der Waals surface area contributed by atoms with Crippen molar-refractivity contribution in [2.24, 2.45) is 5.73 Å². The van der Waals surface area contributed by atoms with Crippen molar-refractivity contribution in [1.82, 2.24) is 14.9 Å². The normalized spacial score (nSPS) is 15.0. The summed E-state index contributed by atoms with van der Waals surface area (Å²) < 4.78 is 34.7. The lowest BCUT2D eigenvalue weighted by Gasteiger charge is -2.31. The van der Waals surface area contributed by atoms with E-state index in [1.165, 1.54) is 7.11 Å². The maximum absolute atomic E-state index is 13.6. The first kappa shape index (κ1) is 32.5. The minimum absolute atomic E-state index is 0.0324. The van der Waals surface area contributed by atoms with Gasteiger partial charge in [-0.1, -0.05) is 18.2 Å². The van der Waals surface area contributed by atoms with Crippen molar-refractivity contribution in [3.63, 3.8) is 0 Å². The maximum atomic E-state index is 13.6. The Kier molecular flexibility index (Phi) is 10.7. The summed E-state index contributed by atoms with van der Waals surface area (Å²) in [6, 6.07) is 5.45. The standard InChI is InChI=1S/C29H39N5O7S/c1-17-13-24(41-4)18(2)19(3)26(17)42(39,40)33-22(16-25(35)36)28(37)32-23(29(38)34-11-6-5-7-12-34)15-20-9-8-10-21(14-20)27(30)31/h8-10,13-14,22-23,33H,5-7,11-12,15-16H2,1-4H3,(H3,30,31)(H,32,37)(H,35,36)/t22-,23-/m0/s1. The van der Waals surface area contributed by atoms with Crippen LogP contribution >= 0.6 is 0 Å². The van der Waals surface area contributed by atoms with Gasteiger partial charge in [-0.15, -0.1) is 0 Å². The number of nitrogens with two attached hydrogens (primary N) is 1. The molecule has 0 saturated carbocycles. The van der Waals surface area contributed by atoms with Crippen LogP contribution < -0.4 is 20.5 Å². The number of aryl methyl sites for hydroxylation is 1. The van der Waals surface area contributed by atoms with E-state index in [0.29, 0.717) is 46.7 Å². The zero-order valence-corrected chi connectivity index (χ0v) is 25.1. The number of carbonyl (C=O) groups excluding carboxylic acids is 2. The van der Waals surface area contributed by atoms with Gasteiger partial charge in [-0.2, -0.15) is 4.72 Å². The predicted octanol–water partition coefficient (Wildman–Crippen LogP) is 1.77. The number of carbonyl (C=O) groups is 3. The summed E-state index contributed by atoms with van der Waals surface area (Å²) >= 11 is 0. The van der Waals surface area contributed by atoms with Gasteiger partial charge in [-0.05, 0) is 74.4 Å². The van der Waals surface area contributed by atoms with Gasteiger partial charge in [0.25, 0.3) is 0 Å². The highest BCUT2D eigenvalue weighted by Crippen LogP contribution is 2.30. The van der Waals surface area contributed by atoms with Crippen molar-refractivity contribution < 1.29 is 32.6 Å². The second-order valence-electron chi connectivity index (χ2n) is 10.5. The van der Waals surface area contributed by atoms with E-state index in [-0.39, 0.29) is 23.1 Å². The Balaban J connectivity index is 1.94. The Morgan fingerprint density at radius 3 is 2.33 bits per heavy atom. The van der Waals surface area contributed by atoms with Crippen LogP contribution in [0, 0.1) is 26.2 Å². The number of carboxylic acids is 1. The summed E-state index contributed by atoms with van der Waals surface area (Å²) in [7, 11) is -2.90. The number of piperidine rings is 1. The Hall–Kier alpha value is -3.97. The molecule has 12 nitrogen and oxygen atoms in total. The number of aliphatic carboxylic acids is 1. The number of rotatable bonds is 12. The number of hydrogen-bond donors (Lipinski definition) is 5. The van der Waals surface area contributed by atoms with Crippen LogP contribution in [0.1, 0.15) is 53.5 Å². The monoisotopic (exact) mass is 601 g/mol. The van der Waals surface area contributed by atoms with Crippen molar-refractivity contribution in [1.29, 1.82) is 5.41 Å². The lowest BCUT2D eigenvalue weighted by Crippen LogP contribution is -2.56. The fourth-order valence-electron chi connectivity index (χ4n) is 5.16. The van der Waals surface area contributed by atoms with Gasteiger partial charge in [-0.25, -0.2) is 8.42 Å². The van der Waals surface area contributed by atoms with Crippen LogP contribution in [0.5, 0.6) is 5.75 Å². The van der Waals surface area contributed by atoms with Crippen LogP contribution in [0.2, 0.25) is 0 Å². The molecule has 0 spiro atoms. The number of likely N-dealkylation sites (tertiary alicyclic amines) is 1. The highest BCUT2D eigenvalue weighted by molar-refractivity contribution is 7.89. The number of sulfonamides is 1. The minimum Gasteiger partial charge on any atom is -0.496 e. The molecule has 13 heteroatoms. The Morgan fingerprint density at radius 2 is 1.74 bits per heavy atom. The minimum atomic E-state index is -4.37. The van der Waals surface area contributed by atoms with E-state index in [9.17, 15) is 27.9 Å². The number of hydrogen-bond acceptors (Lipinski definition) is 7. The second-order valence-corrected chi connectivity index (χ2v) is 12.2. The zero-order valence-electron chi connectivity index (χ0n) is 24.3. The second kappa shape index (κ2) is 13.8. The highest BCUT2D eigenvalue weighted by Gasteiger charge is 2.34. The highest BCUT2D eigenvalue weighted by atomic mass is 32.2. The number of amides is 2. The van der Waals surface area contributed by atoms with Crippen LogP contribution in [0.4, 0.5) is 0 Å². The fourth-order valence-corrected chi connectivity index (χ4v) is 6.89. The largest absolute Gasteiger partial charge is 0.496 e. The third-order valence-corrected chi connectivity index (χ3v) is 9.18. The molecule has 42 heavy (non-hydrogen) atoms. The van der Waals surface area contributed by atoms with Crippen molar-refractivity contribution in [3.8, 4) is 5.75 Å². The van der Waals surface area contributed by atoms with Crippen LogP contribution in [-0.2, 0) is 30.8 Å². The molecular weight excluding hydrogens is 562 g/mol. The summed E-state index contributed by atoms with van der Waals surface area (Å²) in [5.74, 6) is -2.36. The summed E-state index contributed by atoms with van der Waals surface area (Å²) in [6.07, 6.45) is 1.79. The third-order valence-electron chi connectivity index (χ3n) is 7.42. The number of ether oxygens (including phenoxy) is 1. The average molecular weight is 602 g/mol. The van der Waals surface area contributed by atoms with Crippen molar-refractivity contribution >= 4 is 33.6 Å². The van der Waals surface area contributed by atoms with E-state index in [4.69, 9.17) is 15.9 Å². The summed E-state index contributed by atoms with van der Waals surface area (Å²) in [4.78, 5) is 40.4. The van der Waals surface area contributed by atoms with E-state index in [2.05, 4.69) is 10.0 Å². The molecule has 2 atom stereocenters. The molecule has 0 bridgehead atoms. The number of nitrogens with zero attached hydrogens (tertiary/aromatic N) is 1. The van der Waals surface area contributed by atoms with Gasteiger partial charge in [0.1, 0.15) is 23.7 Å².